The van der Waals surface area contributed by atoms with Crippen molar-refractivity contribution in [1.29, 1.82) is 0 Å². The van der Waals surface area contributed by atoms with Gasteiger partial charge in [0.25, 0.3) is 0 Å². The van der Waals surface area contributed by atoms with Gasteiger partial charge in [0.05, 0.1) is 17.6 Å². The van der Waals surface area contributed by atoms with Crippen molar-refractivity contribution in [3.63, 3.8) is 0 Å². The molecular formula is C34H46ClN3O4S. The van der Waals surface area contributed by atoms with Crippen LogP contribution >= 0.6 is 22.9 Å². The molecule has 1 N–H and O–H groups in total. The highest BCUT2D eigenvalue weighted by atomic mass is 35.5. The quantitative estimate of drug-likeness (QED) is 0.302. The van der Waals surface area contributed by atoms with Crippen molar-refractivity contribution in [2.45, 2.75) is 109 Å². The van der Waals surface area contributed by atoms with Crippen molar-refractivity contribution in [2.75, 3.05) is 19.6 Å². The maximum absolute atomic E-state index is 14.4. The Morgan fingerprint density at radius 1 is 1.00 bits per heavy atom. The molecule has 2 amide bonds. The van der Waals surface area contributed by atoms with Gasteiger partial charge in [-0.2, -0.15) is 0 Å². The monoisotopic (exact) mass is 627 g/mol. The maximum Gasteiger partial charge on any atom is 0.415 e. The number of carbonyl (C=O) groups is 3. The van der Waals surface area contributed by atoms with E-state index in [2.05, 4.69) is 5.32 Å². The topological polar surface area (TPSA) is 79.0 Å². The second-order valence-electron chi connectivity index (χ2n) is 12.6. The molecule has 2 aliphatic carbocycles. The molecule has 0 bridgehead atoms. The number of nitrogens with one attached hydrogen (secondary N) is 1. The first-order valence-electron chi connectivity index (χ1n) is 16.2. The Morgan fingerprint density at radius 2 is 1.74 bits per heavy atom. The van der Waals surface area contributed by atoms with Crippen LogP contribution in [0, 0.1) is 12.8 Å². The molecule has 1 aromatic carbocycles. The van der Waals surface area contributed by atoms with Crippen LogP contribution < -0.4 is 10.1 Å². The number of hydrogen-bond donors (Lipinski definition) is 1. The van der Waals surface area contributed by atoms with Crippen LogP contribution in [0.25, 0.3) is 0 Å². The fourth-order valence-electron chi connectivity index (χ4n) is 6.96. The van der Waals surface area contributed by atoms with Gasteiger partial charge >= 0.3 is 6.09 Å². The predicted octanol–water partition coefficient (Wildman–Crippen LogP) is 7.18. The molecule has 1 aliphatic heterocycles. The largest absolute Gasteiger partial charge is 0.415 e. The van der Waals surface area contributed by atoms with Gasteiger partial charge in [0.15, 0.2) is 11.5 Å². The normalized spacial score (nSPS) is 21.0. The summed E-state index contributed by atoms with van der Waals surface area (Å²) in [4.78, 5) is 46.0. The molecule has 234 valence electrons. The summed E-state index contributed by atoms with van der Waals surface area (Å²) in [5.41, 5.74) is 0.818. The van der Waals surface area contributed by atoms with E-state index in [0.29, 0.717) is 48.7 Å². The van der Waals surface area contributed by atoms with Gasteiger partial charge in [0.2, 0.25) is 5.91 Å². The molecule has 2 heterocycles. The zero-order valence-electron chi connectivity index (χ0n) is 25.4. The lowest BCUT2D eigenvalue weighted by Gasteiger charge is -2.42. The number of ether oxygens (including phenoxy) is 1. The molecule has 9 heteroatoms. The zero-order valence-corrected chi connectivity index (χ0v) is 27.0. The first-order chi connectivity index (χ1) is 20.9. The molecule has 7 nitrogen and oxygen atoms in total. The summed E-state index contributed by atoms with van der Waals surface area (Å²) in [5.74, 6) is 0.833. The minimum Gasteiger partial charge on any atom is -0.409 e. The van der Waals surface area contributed by atoms with Gasteiger partial charge in [-0.05, 0) is 61.6 Å². The fraction of sp³-hybridized carbons (Fsp3) is 0.618. The Balaban J connectivity index is 1.33. The lowest BCUT2D eigenvalue weighted by Crippen LogP contribution is -2.63. The number of Topliss-reactive ketones (excluding diaryl/α,β-unsaturated/α-hetero) is 1. The van der Waals surface area contributed by atoms with Gasteiger partial charge in [-0.25, -0.2) is 4.79 Å². The third-order valence-corrected chi connectivity index (χ3v) is 10.9. The highest BCUT2D eigenvalue weighted by molar-refractivity contribution is 7.09. The van der Waals surface area contributed by atoms with E-state index < -0.39 is 12.1 Å². The molecular weight excluding hydrogens is 582 g/mol. The number of benzene rings is 1. The van der Waals surface area contributed by atoms with E-state index in [0.717, 1.165) is 29.7 Å². The average molecular weight is 628 g/mol. The van der Waals surface area contributed by atoms with Crippen LogP contribution in [0.2, 0.25) is 5.02 Å². The van der Waals surface area contributed by atoms with E-state index in [-0.39, 0.29) is 24.3 Å². The first kappa shape index (κ1) is 32.0. The van der Waals surface area contributed by atoms with E-state index in [9.17, 15) is 14.4 Å². The zero-order chi connectivity index (χ0) is 30.2. The third kappa shape index (κ3) is 8.61. The third-order valence-electron chi connectivity index (χ3n) is 9.48. The molecule has 43 heavy (non-hydrogen) atoms. The molecule has 1 saturated heterocycles. The average Bonchev–Trinajstić information content (AvgIpc) is 3.56. The van der Waals surface area contributed by atoms with Gasteiger partial charge in [0, 0.05) is 30.4 Å². The minimum absolute atomic E-state index is 0.0121. The van der Waals surface area contributed by atoms with Crippen LogP contribution in [0.1, 0.15) is 87.5 Å². The molecule has 0 spiro atoms. The first-order valence-corrected chi connectivity index (χ1v) is 17.5. The molecule has 2 atom stereocenters. The summed E-state index contributed by atoms with van der Waals surface area (Å²) < 4.78 is 5.69. The highest BCUT2D eigenvalue weighted by Gasteiger charge is 2.40. The number of halogens is 1. The predicted molar refractivity (Wildman–Crippen MR) is 172 cm³/mol. The number of aryl methyl sites for hydroxylation is 2. The van der Waals surface area contributed by atoms with Crippen LogP contribution in [0.15, 0.2) is 35.7 Å². The standard InChI is InChI=1S/C34H46ClN3O4S/c1-24-10-8-16-31(32(24)35)42-34(41)37-19-20-38(29(23-37)30(39)18-17-27-15-9-21-43-27)33(40)28(22-25-11-4-2-5-12-25)36-26-13-6-3-7-14-26/h8-10,15-16,21,25-26,28-29,36H,2-7,11-14,17-20,22-23H2,1H3/t28-,29+/m1/s1. The summed E-state index contributed by atoms with van der Waals surface area (Å²) in [7, 11) is 0. The SMILES string of the molecule is Cc1cccc(OC(=O)N2CCN(C(=O)[C@@H](CC3CCCCC3)NC3CCCCC3)[C@H](C(=O)CCc3cccs3)C2)c1Cl. The maximum atomic E-state index is 14.4. The van der Waals surface area contributed by atoms with E-state index in [1.165, 1.54) is 51.4 Å². The summed E-state index contributed by atoms with van der Waals surface area (Å²) in [6, 6.07) is 8.68. The molecule has 2 saturated carbocycles. The van der Waals surface area contributed by atoms with Gasteiger partial charge in [-0.3, -0.25) is 9.59 Å². The summed E-state index contributed by atoms with van der Waals surface area (Å²) in [6.45, 7) is 2.59. The van der Waals surface area contributed by atoms with E-state index in [1.54, 1.807) is 33.3 Å². The molecule has 3 aliphatic rings. The Morgan fingerprint density at radius 3 is 2.47 bits per heavy atom. The van der Waals surface area contributed by atoms with Gasteiger partial charge in [-0.1, -0.05) is 81.2 Å². The van der Waals surface area contributed by atoms with Gasteiger partial charge < -0.3 is 19.9 Å². The van der Waals surface area contributed by atoms with Crippen molar-refractivity contribution in [2.24, 2.45) is 5.92 Å². The van der Waals surface area contributed by atoms with Crippen molar-refractivity contribution in [3.05, 3.63) is 51.2 Å². The lowest BCUT2D eigenvalue weighted by atomic mass is 9.83. The minimum atomic E-state index is -0.705. The van der Waals surface area contributed by atoms with E-state index >= 15 is 0 Å². The van der Waals surface area contributed by atoms with Gasteiger partial charge in [-0.15, -0.1) is 11.3 Å². The number of piperazine rings is 1. The lowest BCUT2D eigenvalue weighted by molar-refractivity contribution is -0.145. The Hall–Kier alpha value is -2.42. The van der Waals surface area contributed by atoms with Crippen LogP contribution in [0.5, 0.6) is 5.75 Å². The Kier molecular flexibility index (Phi) is 11.6. The number of hydrogen-bond acceptors (Lipinski definition) is 6. The molecule has 0 unspecified atom stereocenters. The second-order valence-corrected chi connectivity index (χ2v) is 14.0. The van der Waals surface area contributed by atoms with Crippen molar-refractivity contribution >= 4 is 40.7 Å². The van der Waals surface area contributed by atoms with Crippen molar-refractivity contribution < 1.29 is 19.1 Å². The van der Waals surface area contributed by atoms with Gasteiger partial charge in [0.1, 0.15) is 6.04 Å². The highest BCUT2D eigenvalue weighted by Crippen LogP contribution is 2.31. The fourth-order valence-corrected chi connectivity index (χ4v) is 7.84. The Bertz CT molecular complexity index is 1210. The molecule has 1 aromatic heterocycles. The number of rotatable bonds is 10. The number of ketones is 1. The number of thiophene rings is 1. The molecule has 2 aromatic rings. The number of nitrogens with zero attached hydrogens (tertiary/aromatic N) is 2. The Labute approximate surface area is 265 Å². The summed E-state index contributed by atoms with van der Waals surface area (Å²) in [5, 5.41) is 6.18. The van der Waals surface area contributed by atoms with Crippen LogP contribution in [0.4, 0.5) is 4.79 Å². The smallest absolute Gasteiger partial charge is 0.409 e. The van der Waals surface area contributed by atoms with E-state index in [1.807, 2.05) is 30.5 Å². The second kappa shape index (κ2) is 15.5. The summed E-state index contributed by atoms with van der Waals surface area (Å²) in [6.07, 6.45) is 13.1. The summed E-state index contributed by atoms with van der Waals surface area (Å²) >= 11 is 8.03. The van der Waals surface area contributed by atoms with Crippen LogP contribution in [-0.2, 0) is 16.0 Å². The van der Waals surface area contributed by atoms with E-state index in [4.69, 9.17) is 16.3 Å². The van der Waals surface area contributed by atoms with Crippen LogP contribution in [0.3, 0.4) is 0 Å². The number of carbonyl (C=O) groups excluding carboxylic acids is 3. The molecule has 5 rings (SSSR count). The molecule has 0 radical (unpaired) electrons. The van der Waals surface area contributed by atoms with Crippen LogP contribution in [-0.4, -0.2) is 65.3 Å². The molecule has 3 fully saturated rings. The van der Waals surface area contributed by atoms with Crippen molar-refractivity contribution in [1.82, 2.24) is 15.1 Å². The number of amides is 2. The van der Waals surface area contributed by atoms with Crippen molar-refractivity contribution in [3.8, 4) is 5.75 Å².